The number of hydrogen-bond acceptors (Lipinski definition) is 4. The summed E-state index contributed by atoms with van der Waals surface area (Å²) in [5, 5.41) is 15.6. The summed E-state index contributed by atoms with van der Waals surface area (Å²) in [6, 6.07) is 12.1. The largest absolute Gasteiger partial charge is 0.378 e. The van der Waals surface area contributed by atoms with Crippen LogP contribution in [0.3, 0.4) is 0 Å². The Balaban J connectivity index is 2.01. The molecule has 0 amide bonds. The monoisotopic (exact) mass is 343 g/mol. The highest BCUT2D eigenvalue weighted by Crippen LogP contribution is 2.28. The number of pyridine rings is 1. The fraction of sp³-hybridized carbons (Fsp3) is 0.0667. The molecule has 0 unspecified atom stereocenters. The Bertz CT molecular complexity index is 804. The number of fused-ring (bicyclic) bond motifs is 1. The van der Waals surface area contributed by atoms with Gasteiger partial charge < -0.3 is 5.32 Å². The lowest BCUT2D eigenvalue weighted by molar-refractivity contribution is 1.18. The molecule has 5 heteroatoms. The third-order valence-electron chi connectivity index (χ3n) is 3.01. The summed E-state index contributed by atoms with van der Waals surface area (Å²) in [5.74, 6) is 0. The Morgan fingerprint density at radius 3 is 2.90 bits per heavy atom. The summed E-state index contributed by atoms with van der Waals surface area (Å²) in [7, 11) is 0. The van der Waals surface area contributed by atoms with Gasteiger partial charge in [-0.05, 0) is 33.4 Å². The van der Waals surface area contributed by atoms with E-state index in [1.165, 1.54) is 4.88 Å². The molecule has 0 radical (unpaired) electrons. The predicted octanol–water partition coefficient (Wildman–Crippen LogP) is 4.54. The van der Waals surface area contributed by atoms with E-state index < -0.39 is 0 Å². The normalized spacial score (nSPS) is 10.4. The summed E-state index contributed by atoms with van der Waals surface area (Å²) in [6.45, 7) is 0.681. The Hall–Kier alpha value is -1.90. The van der Waals surface area contributed by atoms with E-state index in [1.54, 1.807) is 17.5 Å². The SMILES string of the molecule is N#Cc1cnc2ccccc2c1NCc1sccc1Br. The highest BCUT2D eigenvalue weighted by atomic mass is 79.9. The standard InChI is InChI=1S/C15H10BrN3S/c16-12-5-6-20-14(12)9-19-15-10(7-17)8-18-13-4-2-1-3-11(13)15/h1-6,8H,9H2,(H,18,19). The molecule has 2 aromatic heterocycles. The maximum absolute atomic E-state index is 9.25. The van der Waals surface area contributed by atoms with Crippen molar-refractivity contribution in [1.82, 2.24) is 4.98 Å². The molecule has 0 atom stereocenters. The second kappa shape index (κ2) is 5.61. The van der Waals surface area contributed by atoms with Crippen LogP contribution in [-0.4, -0.2) is 4.98 Å². The molecule has 0 bridgehead atoms. The Labute approximate surface area is 129 Å². The second-order valence-corrected chi connectivity index (χ2v) is 6.08. The fourth-order valence-corrected chi connectivity index (χ4v) is 3.47. The number of nitriles is 1. The van der Waals surface area contributed by atoms with E-state index in [4.69, 9.17) is 0 Å². The first-order valence-electron chi connectivity index (χ1n) is 6.03. The summed E-state index contributed by atoms with van der Waals surface area (Å²) in [4.78, 5) is 5.51. The maximum Gasteiger partial charge on any atom is 0.103 e. The van der Waals surface area contributed by atoms with Crippen LogP contribution in [0.5, 0.6) is 0 Å². The van der Waals surface area contributed by atoms with Gasteiger partial charge in [0.05, 0.1) is 23.3 Å². The first-order chi connectivity index (χ1) is 9.79. The van der Waals surface area contributed by atoms with Gasteiger partial charge in [0.2, 0.25) is 0 Å². The van der Waals surface area contributed by atoms with Gasteiger partial charge in [-0.2, -0.15) is 5.26 Å². The molecular formula is C15H10BrN3S. The number of nitrogens with zero attached hydrogens (tertiary/aromatic N) is 2. The van der Waals surface area contributed by atoms with Crippen LogP contribution < -0.4 is 5.32 Å². The minimum atomic E-state index is 0.566. The Morgan fingerprint density at radius 2 is 2.15 bits per heavy atom. The van der Waals surface area contributed by atoms with Gasteiger partial charge in [0.25, 0.3) is 0 Å². The van der Waals surface area contributed by atoms with E-state index in [0.717, 1.165) is 21.1 Å². The van der Waals surface area contributed by atoms with Crippen LogP contribution in [0.1, 0.15) is 10.4 Å². The average molecular weight is 344 g/mol. The van der Waals surface area contributed by atoms with E-state index in [2.05, 4.69) is 32.3 Å². The van der Waals surface area contributed by atoms with Gasteiger partial charge in [-0.15, -0.1) is 11.3 Å². The second-order valence-electron chi connectivity index (χ2n) is 4.22. The molecule has 0 saturated heterocycles. The molecule has 3 nitrogen and oxygen atoms in total. The lowest BCUT2D eigenvalue weighted by Crippen LogP contribution is -2.02. The number of aromatic nitrogens is 1. The third-order valence-corrected chi connectivity index (χ3v) is 4.94. The lowest BCUT2D eigenvalue weighted by Gasteiger charge is -2.10. The minimum absolute atomic E-state index is 0.566. The van der Waals surface area contributed by atoms with Crippen LogP contribution in [0.2, 0.25) is 0 Å². The zero-order valence-electron chi connectivity index (χ0n) is 10.4. The molecule has 1 N–H and O–H groups in total. The third kappa shape index (κ3) is 2.40. The smallest absolute Gasteiger partial charge is 0.103 e. The van der Waals surface area contributed by atoms with E-state index >= 15 is 0 Å². The topological polar surface area (TPSA) is 48.7 Å². The predicted molar refractivity (Wildman–Crippen MR) is 85.8 cm³/mol. The van der Waals surface area contributed by atoms with Crippen molar-refractivity contribution >= 4 is 43.9 Å². The van der Waals surface area contributed by atoms with Gasteiger partial charge in [0.15, 0.2) is 0 Å². The number of para-hydroxylation sites is 1. The highest BCUT2D eigenvalue weighted by Gasteiger charge is 2.09. The highest BCUT2D eigenvalue weighted by molar-refractivity contribution is 9.10. The van der Waals surface area contributed by atoms with E-state index in [0.29, 0.717) is 12.1 Å². The van der Waals surface area contributed by atoms with Crippen LogP contribution in [0.4, 0.5) is 5.69 Å². The molecule has 2 heterocycles. The number of thiophene rings is 1. The van der Waals surface area contributed by atoms with Crippen LogP contribution in [0.25, 0.3) is 10.9 Å². The number of rotatable bonds is 3. The summed E-state index contributed by atoms with van der Waals surface area (Å²) in [5.41, 5.74) is 2.30. The van der Waals surface area contributed by atoms with Crippen molar-refractivity contribution in [2.24, 2.45) is 0 Å². The first kappa shape index (κ1) is 13.1. The lowest BCUT2D eigenvalue weighted by atomic mass is 10.1. The number of halogens is 1. The molecule has 1 aromatic carbocycles. The molecular weight excluding hydrogens is 334 g/mol. The molecule has 0 spiro atoms. The molecule has 3 rings (SSSR count). The van der Waals surface area contributed by atoms with Gasteiger partial charge in [-0.3, -0.25) is 4.98 Å². The van der Waals surface area contributed by atoms with Crippen LogP contribution in [0.15, 0.2) is 46.4 Å². The molecule has 98 valence electrons. The van der Waals surface area contributed by atoms with Crippen molar-refractivity contribution in [2.75, 3.05) is 5.32 Å². The maximum atomic E-state index is 9.25. The van der Waals surface area contributed by atoms with Crippen LogP contribution in [0, 0.1) is 11.3 Å². The quantitative estimate of drug-likeness (QED) is 0.759. The molecule has 0 fully saturated rings. The minimum Gasteiger partial charge on any atom is -0.378 e. The van der Waals surface area contributed by atoms with Gasteiger partial charge in [-0.1, -0.05) is 18.2 Å². The van der Waals surface area contributed by atoms with Crippen molar-refractivity contribution in [1.29, 1.82) is 5.26 Å². The first-order valence-corrected chi connectivity index (χ1v) is 7.70. The van der Waals surface area contributed by atoms with Crippen molar-refractivity contribution in [3.05, 3.63) is 56.8 Å². The number of benzene rings is 1. The number of hydrogen-bond donors (Lipinski definition) is 1. The van der Waals surface area contributed by atoms with E-state index in [1.807, 2.05) is 35.7 Å². The zero-order valence-corrected chi connectivity index (χ0v) is 12.8. The summed E-state index contributed by atoms with van der Waals surface area (Å²) < 4.78 is 1.09. The van der Waals surface area contributed by atoms with Gasteiger partial charge in [-0.25, -0.2) is 0 Å². The van der Waals surface area contributed by atoms with Crippen LogP contribution in [-0.2, 0) is 6.54 Å². The van der Waals surface area contributed by atoms with Gasteiger partial charge in [0, 0.05) is 20.9 Å². The average Bonchev–Trinajstić information content (AvgIpc) is 2.90. The molecule has 0 aliphatic carbocycles. The van der Waals surface area contributed by atoms with Crippen LogP contribution >= 0.6 is 27.3 Å². The van der Waals surface area contributed by atoms with E-state index in [9.17, 15) is 5.26 Å². The molecule has 0 aliphatic heterocycles. The summed E-state index contributed by atoms with van der Waals surface area (Å²) in [6.07, 6.45) is 1.62. The molecule has 3 aromatic rings. The van der Waals surface area contributed by atoms with E-state index in [-0.39, 0.29) is 0 Å². The van der Waals surface area contributed by atoms with Gasteiger partial charge >= 0.3 is 0 Å². The molecule has 0 saturated carbocycles. The summed E-state index contributed by atoms with van der Waals surface area (Å²) >= 11 is 5.20. The van der Waals surface area contributed by atoms with Crippen molar-refractivity contribution in [3.8, 4) is 6.07 Å². The van der Waals surface area contributed by atoms with Crippen molar-refractivity contribution in [3.63, 3.8) is 0 Å². The number of anilines is 1. The van der Waals surface area contributed by atoms with Crippen molar-refractivity contribution < 1.29 is 0 Å². The van der Waals surface area contributed by atoms with Crippen molar-refractivity contribution in [2.45, 2.75) is 6.54 Å². The Kier molecular flexibility index (Phi) is 3.68. The molecule has 0 aliphatic rings. The van der Waals surface area contributed by atoms with Gasteiger partial charge in [0.1, 0.15) is 6.07 Å². The fourth-order valence-electron chi connectivity index (χ4n) is 2.04. The zero-order chi connectivity index (χ0) is 13.9. The number of nitrogens with one attached hydrogen (secondary N) is 1. The molecule has 20 heavy (non-hydrogen) atoms. The Morgan fingerprint density at radius 1 is 1.30 bits per heavy atom.